The molecule has 0 heterocycles. The highest BCUT2D eigenvalue weighted by Crippen LogP contribution is 2.14. The molecule has 0 radical (unpaired) electrons. The van der Waals surface area contributed by atoms with Crippen LogP contribution in [0.1, 0.15) is 162 Å². The zero-order chi connectivity index (χ0) is 36.2. The highest BCUT2D eigenvalue weighted by molar-refractivity contribution is 5.69. The van der Waals surface area contributed by atoms with Crippen LogP contribution in [0.3, 0.4) is 0 Å². The van der Waals surface area contributed by atoms with Gasteiger partial charge < -0.3 is 29.9 Å². The monoisotopic (exact) mass is 693 g/mol. The summed E-state index contributed by atoms with van der Waals surface area (Å²) in [7, 11) is 0. The van der Waals surface area contributed by atoms with Crippen molar-refractivity contribution in [1.29, 1.82) is 0 Å². The van der Waals surface area contributed by atoms with Gasteiger partial charge >= 0.3 is 11.9 Å². The SMILES string of the molecule is CCCCCCCCCCCCCCCCCC(=O)OC[C@@H](O)COC(=O)CCC[C@@H](O)[C@H](O)/C=C/C=C/C=C\C=C\[C@H](O)CCCCC. The summed E-state index contributed by atoms with van der Waals surface area (Å²) in [4.78, 5) is 24.0. The molecule has 0 bridgehead atoms. The molecule has 0 aromatic heterocycles. The van der Waals surface area contributed by atoms with Gasteiger partial charge in [-0.15, -0.1) is 0 Å². The van der Waals surface area contributed by atoms with Crippen molar-refractivity contribution >= 4 is 11.9 Å². The van der Waals surface area contributed by atoms with Crippen LogP contribution in [-0.4, -0.2) is 70.0 Å². The number of hydrogen-bond acceptors (Lipinski definition) is 8. The summed E-state index contributed by atoms with van der Waals surface area (Å²) < 4.78 is 10.2. The fourth-order valence-electron chi connectivity index (χ4n) is 5.29. The molecular formula is C41H72O8. The first kappa shape index (κ1) is 46.7. The van der Waals surface area contributed by atoms with Crippen molar-refractivity contribution in [2.24, 2.45) is 0 Å². The van der Waals surface area contributed by atoms with Crippen molar-refractivity contribution < 1.29 is 39.5 Å². The Bertz CT molecular complexity index is 881. The molecule has 0 saturated carbocycles. The highest BCUT2D eigenvalue weighted by Gasteiger charge is 2.15. The molecule has 0 rings (SSSR count). The Morgan fingerprint density at radius 2 is 0.898 bits per heavy atom. The number of esters is 2. The maximum atomic E-state index is 12.0. The summed E-state index contributed by atoms with van der Waals surface area (Å²) in [6, 6.07) is 0. The number of rotatable bonds is 34. The molecule has 284 valence electrons. The second kappa shape index (κ2) is 35.6. The molecule has 0 aliphatic rings. The number of carbonyl (C=O) groups is 2. The third-order valence-electron chi connectivity index (χ3n) is 8.43. The van der Waals surface area contributed by atoms with E-state index in [1.807, 2.05) is 6.08 Å². The molecule has 49 heavy (non-hydrogen) atoms. The molecule has 0 aromatic carbocycles. The zero-order valence-electron chi connectivity index (χ0n) is 31.0. The van der Waals surface area contributed by atoms with Crippen LogP contribution >= 0.6 is 0 Å². The van der Waals surface area contributed by atoms with E-state index in [0.29, 0.717) is 12.8 Å². The van der Waals surface area contributed by atoms with Crippen LogP contribution in [0.4, 0.5) is 0 Å². The van der Waals surface area contributed by atoms with Crippen molar-refractivity contribution in [3.8, 4) is 0 Å². The molecule has 8 heteroatoms. The van der Waals surface area contributed by atoms with Crippen LogP contribution in [0.5, 0.6) is 0 Å². The van der Waals surface area contributed by atoms with Crippen LogP contribution in [0.15, 0.2) is 48.6 Å². The largest absolute Gasteiger partial charge is 0.463 e. The van der Waals surface area contributed by atoms with Crippen molar-refractivity contribution in [2.75, 3.05) is 13.2 Å². The van der Waals surface area contributed by atoms with Gasteiger partial charge in [0, 0.05) is 12.8 Å². The summed E-state index contributed by atoms with van der Waals surface area (Å²) in [5.41, 5.74) is 0. The van der Waals surface area contributed by atoms with E-state index in [1.165, 1.54) is 83.1 Å². The molecule has 0 fully saturated rings. The molecule has 0 amide bonds. The number of hydrogen-bond donors (Lipinski definition) is 4. The van der Waals surface area contributed by atoms with Crippen molar-refractivity contribution in [2.45, 2.75) is 186 Å². The van der Waals surface area contributed by atoms with Gasteiger partial charge in [0.05, 0.1) is 18.3 Å². The lowest BCUT2D eigenvalue weighted by atomic mass is 10.0. The lowest BCUT2D eigenvalue weighted by Gasteiger charge is -2.14. The Balaban J connectivity index is 3.78. The predicted octanol–water partition coefficient (Wildman–Crippen LogP) is 8.75. The average molecular weight is 693 g/mol. The van der Waals surface area contributed by atoms with E-state index in [0.717, 1.165) is 44.9 Å². The van der Waals surface area contributed by atoms with Crippen molar-refractivity contribution in [3.63, 3.8) is 0 Å². The summed E-state index contributed by atoms with van der Waals surface area (Å²) in [6.45, 7) is 3.90. The number of carbonyl (C=O) groups excluding carboxylic acids is 2. The van der Waals surface area contributed by atoms with E-state index < -0.39 is 30.4 Å². The minimum absolute atomic E-state index is 0.0325. The van der Waals surface area contributed by atoms with Gasteiger partial charge in [0.25, 0.3) is 0 Å². The Morgan fingerprint density at radius 1 is 0.490 bits per heavy atom. The number of aliphatic hydroxyl groups is 4. The molecule has 0 saturated heterocycles. The minimum atomic E-state index is -1.09. The third kappa shape index (κ3) is 34.0. The number of unbranched alkanes of at least 4 members (excludes halogenated alkanes) is 16. The fraction of sp³-hybridized carbons (Fsp3) is 0.756. The number of allylic oxidation sites excluding steroid dienone is 6. The van der Waals surface area contributed by atoms with Gasteiger partial charge in [-0.1, -0.05) is 172 Å². The lowest BCUT2D eigenvalue weighted by molar-refractivity contribution is -0.152. The molecule has 0 unspecified atom stereocenters. The third-order valence-corrected chi connectivity index (χ3v) is 8.43. The fourth-order valence-corrected chi connectivity index (χ4v) is 5.29. The van der Waals surface area contributed by atoms with Crippen LogP contribution < -0.4 is 0 Å². The Morgan fingerprint density at radius 3 is 1.41 bits per heavy atom. The summed E-state index contributed by atoms with van der Waals surface area (Å²) in [5.74, 6) is -0.882. The summed E-state index contributed by atoms with van der Waals surface area (Å²) in [6.07, 6.45) is 34.0. The van der Waals surface area contributed by atoms with E-state index >= 15 is 0 Å². The van der Waals surface area contributed by atoms with Gasteiger partial charge in [-0.25, -0.2) is 0 Å². The van der Waals surface area contributed by atoms with E-state index in [4.69, 9.17) is 9.47 Å². The zero-order valence-corrected chi connectivity index (χ0v) is 31.0. The van der Waals surface area contributed by atoms with Crippen LogP contribution in [0.25, 0.3) is 0 Å². The first-order valence-corrected chi connectivity index (χ1v) is 19.5. The maximum Gasteiger partial charge on any atom is 0.305 e. The molecule has 0 spiro atoms. The molecular weight excluding hydrogens is 620 g/mol. The summed E-state index contributed by atoms with van der Waals surface area (Å²) >= 11 is 0. The molecule has 4 atom stereocenters. The smallest absolute Gasteiger partial charge is 0.305 e. The van der Waals surface area contributed by atoms with Gasteiger partial charge in [-0.3, -0.25) is 9.59 Å². The second-order valence-electron chi connectivity index (χ2n) is 13.3. The Hall–Kier alpha value is -2.26. The van der Waals surface area contributed by atoms with E-state index in [9.17, 15) is 30.0 Å². The normalized spacial score (nSPS) is 14.7. The highest BCUT2D eigenvalue weighted by atomic mass is 16.6. The van der Waals surface area contributed by atoms with Gasteiger partial charge in [-0.05, 0) is 25.7 Å². The first-order chi connectivity index (χ1) is 23.8. The van der Waals surface area contributed by atoms with Crippen LogP contribution in [0, 0.1) is 0 Å². The topological polar surface area (TPSA) is 134 Å². The summed E-state index contributed by atoms with van der Waals surface area (Å²) in [5, 5.41) is 40.1. The van der Waals surface area contributed by atoms with Crippen molar-refractivity contribution in [1.82, 2.24) is 0 Å². The van der Waals surface area contributed by atoms with E-state index in [2.05, 4.69) is 13.8 Å². The lowest BCUT2D eigenvalue weighted by Crippen LogP contribution is -2.26. The van der Waals surface area contributed by atoms with Gasteiger partial charge in [0.15, 0.2) is 0 Å². The number of aliphatic hydroxyl groups excluding tert-OH is 4. The molecule has 0 aliphatic heterocycles. The van der Waals surface area contributed by atoms with Crippen LogP contribution in [-0.2, 0) is 19.1 Å². The van der Waals surface area contributed by atoms with Crippen molar-refractivity contribution in [3.05, 3.63) is 48.6 Å². The molecule has 4 N–H and O–H groups in total. The second-order valence-corrected chi connectivity index (χ2v) is 13.3. The number of ether oxygens (including phenoxy) is 2. The quantitative estimate of drug-likeness (QED) is 0.0299. The standard InChI is InChI=1S/C41H72O8/c1-3-5-7-8-9-10-11-12-13-14-15-16-17-22-26-32-40(46)48-34-37(43)35-49-41(47)33-27-31-39(45)38(44)30-25-21-19-18-20-24-29-36(42)28-23-6-4-2/h18-21,24-25,29-30,36-39,42-45H,3-17,22-23,26-28,31-35H2,1-2H3/b20-18-,21-19+,29-24+,30-25+/t36-,37-,38-,39-/m1/s1. The average Bonchev–Trinajstić information content (AvgIpc) is 3.09. The first-order valence-electron chi connectivity index (χ1n) is 19.5. The maximum absolute atomic E-state index is 12.0. The Kier molecular flexibility index (Phi) is 33.9. The molecule has 8 nitrogen and oxygen atoms in total. The van der Waals surface area contributed by atoms with Gasteiger partial charge in [-0.2, -0.15) is 0 Å². The molecule has 0 aromatic rings. The van der Waals surface area contributed by atoms with Gasteiger partial charge in [0.2, 0.25) is 0 Å². The molecule has 0 aliphatic carbocycles. The minimum Gasteiger partial charge on any atom is -0.463 e. The predicted molar refractivity (Wildman–Crippen MR) is 200 cm³/mol. The van der Waals surface area contributed by atoms with E-state index in [-0.39, 0.29) is 32.0 Å². The van der Waals surface area contributed by atoms with Gasteiger partial charge in [0.1, 0.15) is 19.3 Å². The Labute approximate surface area is 298 Å². The van der Waals surface area contributed by atoms with E-state index in [1.54, 1.807) is 36.5 Å². The van der Waals surface area contributed by atoms with Crippen LogP contribution in [0.2, 0.25) is 0 Å².